The van der Waals surface area contributed by atoms with Crippen LogP contribution in [0.15, 0.2) is 146 Å². The lowest BCUT2D eigenvalue weighted by atomic mass is 9.79. The van der Waals surface area contributed by atoms with Crippen molar-refractivity contribution in [3.63, 3.8) is 0 Å². The van der Waals surface area contributed by atoms with Crippen LogP contribution in [0.5, 0.6) is 0 Å². The van der Waals surface area contributed by atoms with E-state index in [1.807, 2.05) is 0 Å². The van der Waals surface area contributed by atoms with E-state index >= 15 is 0 Å². The van der Waals surface area contributed by atoms with E-state index in [1.165, 1.54) is 87.6 Å². The van der Waals surface area contributed by atoms with Crippen LogP contribution in [0.25, 0.3) is 76.5 Å². The molecule has 0 fully saturated rings. The summed E-state index contributed by atoms with van der Waals surface area (Å²) in [5.41, 5.74) is 10.7. The largest absolute Gasteiger partial charge is 0.0616 e. The van der Waals surface area contributed by atoms with Crippen molar-refractivity contribution < 1.29 is 0 Å². The van der Waals surface area contributed by atoms with Gasteiger partial charge in [-0.05, 0) is 93.7 Å². The van der Waals surface area contributed by atoms with Gasteiger partial charge in [-0.15, -0.1) is 0 Å². The van der Waals surface area contributed by atoms with E-state index in [0.29, 0.717) is 0 Å². The fraction of sp³-hybridized carbons (Fsp3) is 0.0698. The molecule has 9 rings (SSSR count). The molecule has 0 aromatic heterocycles. The van der Waals surface area contributed by atoms with Crippen LogP contribution >= 0.6 is 0 Å². The van der Waals surface area contributed by atoms with Crippen molar-refractivity contribution in [3.05, 3.63) is 157 Å². The molecule has 0 heterocycles. The number of fused-ring (bicyclic) bond motifs is 8. The quantitative estimate of drug-likeness (QED) is 0.189. The summed E-state index contributed by atoms with van der Waals surface area (Å²) in [6.07, 6.45) is 0. The van der Waals surface area contributed by atoms with Gasteiger partial charge in [-0.1, -0.05) is 153 Å². The molecule has 0 atom stereocenters. The Bertz CT molecular complexity index is 2360. The summed E-state index contributed by atoms with van der Waals surface area (Å²) in [7, 11) is 0. The monoisotopic (exact) mass is 546 g/mol. The second-order valence-corrected chi connectivity index (χ2v) is 12.5. The van der Waals surface area contributed by atoms with Crippen LogP contribution in [0, 0.1) is 0 Å². The lowest BCUT2D eigenvalue weighted by Crippen LogP contribution is -2.15. The Balaban J connectivity index is 1.41. The highest BCUT2D eigenvalue weighted by atomic mass is 14.4. The van der Waals surface area contributed by atoms with Gasteiger partial charge in [-0.25, -0.2) is 0 Å². The zero-order valence-electron chi connectivity index (χ0n) is 24.4. The van der Waals surface area contributed by atoms with Crippen LogP contribution in [0.4, 0.5) is 0 Å². The van der Waals surface area contributed by atoms with Crippen LogP contribution in [0.1, 0.15) is 25.0 Å². The smallest absolute Gasteiger partial charge is 0.0165 e. The maximum Gasteiger partial charge on any atom is 0.0165 e. The first kappa shape index (κ1) is 24.4. The fourth-order valence-electron chi connectivity index (χ4n) is 7.93. The van der Waals surface area contributed by atoms with Crippen LogP contribution in [-0.2, 0) is 5.41 Å². The second-order valence-electron chi connectivity index (χ2n) is 12.5. The van der Waals surface area contributed by atoms with Crippen LogP contribution in [0.3, 0.4) is 0 Å². The maximum atomic E-state index is 2.40. The highest BCUT2D eigenvalue weighted by molar-refractivity contribution is 6.23. The molecule has 0 N–H and O–H groups in total. The predicted molar refractivity (Wildman–Crippen MR) is 185 cm³/mol. The van der Waals surface area contributed by atoms with E-state index in [4.69, 9.17) is 0 Å². The first-order chi connectivity index (χ1) is 21.1. The summed E-state index contributed by atoms with van der Waals surface area (Å²) in [6.45, 7) is 4.79. The summed E-state index contributed by atoms with van der Waals surface area (Å²) >= 11 is 0. The first-order valence-electron chi connectivity index (χ1n) is 15.2. The Kier molecular flexibility index (Phi) is 5.05. The highest BCUT2D eigenvalue weighted by Crippen LogP contribution is 2.56. The summed E-state index contributed by atoms with van der Waals surface area (Å²) in [5.74, 6) is 0. The van der Waals surface area contributed by atoms with Crippen molar-refractivity contribution in [2.24, 2.45) is 0 Å². The third kappa shape index (κ3) is 3.38. The lowest BCUT2D eigenvalue weighted by molar-refractivity contribution is 0.666. The number of hydrogen-bond donors (Lipinski definition) is 0. The second kappa shape index (κ2) is 8.90. The van der Waals surface area contributed by atoms with Crippen molar-refractivity contribution >= 4 is 43.1 Å². The van der Waals surface area contributed by atoms with Crippen molar-refractivity contribution in [2.45, 2.75) is 19.3 Å². The molecule has 0 saturated heterocycles. The average Bonchev–Trinajstić information content (AvgIpc) is 3.30. The summed E-state index contributed by atoms with van der Waals surface area (Å²) < 4.78 is 0. The fourth-order valence-corrected chi connectivity index (χ4v) is 7.93. The molecular weight excluding hydrogens is 516 g/mol. The van der Waals surface area contributed by atoms with Gasteiger partial charge >= 0.3 is 0 Å². The molecule has 0 spiro atoms. The minimum absolute atomic E-state index is 0.0990. The van der Waals surface area contributed by atoms with Gasteiger partial charge in [-0.2, -0.15) is 0 Å². The van der Waals surface area contributed by atoms with Crippen molar-refractivity contribution in [1.82, 2.24) is 0 Å². The third-order valence-corrected chi connectivity index (χ3v) is 9.80. The first-order valence-corrected chi connectivity index (χ1v) is 15.2. The normalized spacial score (nSPS) is 13.5. The zero-order chi connectivity index (χ0) is 28.7. The molecule has 0 radical (unpaired) electrons. The molecule has 8 aromatic carbocycles. The average molecular weight is 547 g/mol. The van der Waals surface area contributed by atoms with Gasteiger partial charge in [0.2, 0.25) is 0 Å². The van der Waals surface area contributed by atoms with E-state index in [9.17, 15) is 0 Å². The summed E-state index contributed by atoms with van der Waals surface area (Å²) in [5, 5.41) is 10.4. The van der Waals surface area contributed by atoms with E-state index in [0.717, 1.165) is 0 Å². The van der Waals surface area contributed by atoms with Gasteiger partial charge < -0.3 is 0 Å². The number of benzene rings is 8. The van der Waals surface area contributed by atoms with Crippen molar-refractivity contribution in [3.8, 4) is 33.4 Å². The zero-order valence-corrected chi connectivity index (χ0v) is 24.4. The minimum atomic E-state index is -0.0990. The molecular formula is C43H30. The molecule has 43 heavy (non-hydrogen) atoms. The summed E-state index contributed by atoms with van der Waals surface area (Å²) in [4.78, 5) is 0. The van der Waals surface area contributed by atoms with E-state index in [2.05, 4.69) is 159 Å². The van der Waals surface area contributed by atoms with E-state index in [-0.39, 0.29) is 5.41 Å². The maximum absolute atomic E-state index is 2.40. The van der Waals surface area contributed by atoms with Crippen molar-refractivity contribution in [1.29, 1.82) is 0 Å². The SMILES string of the molecule is CC1(C)c2cccc(-c3c4ccccc4c(-c4ccc5ccccc5c4)c4ccccc34)c2-c2ccc3ccccc3c21. The molecule has 0 heteroatoms. The van der Waals surface area contributed by atoms with Crippen LogP contribution < -0.4 is 0 Å². The Hall–Kier alpha value is -5.20. The standard InChI is InChI=1S/C43H30/c1-43(2)38-21-11-20-36(41(38)37-25-24-28-13-5-6-15-31(28)42(37)43)40-34-18-9-7-16-32(34)39(33-17-8-10-19-35(33)40)30-23-22-27-12-3-4-14-29(27)26-30/h3-26H,1-2H3. The molecule has 202 valence electrons. The van der Waals surface area contributed by atoms with E-state index in [1.54, 1.807) is 0 Å². The Morgan fingerprint density at radius 3 is 1.63 bits per heavy atom. The van der Waals surface area contributed by atoms with E-state index < -0.39 is 0 Å². The third-order valence-electron chi connectivity index (χ3n) is 9.80. The molecule has 1 aliphatic rings. The Morgan fingerprint density at radius 1 is 0.372 bits per heavy atom. The molecule has 0 bridgehead atoms. The predicted octanol–water partition coefficient (Wildman–Crippen LogP) is 11.9. The lowest BCUT2D eigenvalue weighted by Gasteiger charge is -2.23. The minimum Gasteiger partial charge on any atom is -0.0616 e. The molecule has 0 unspecified atom stereocenters. The molecule has 1 aliphatic carbocycles. The highest BCUT2D eigenvalue weighted by Gasteiger charge is 2.38. The van der Waals surface area contributed by atoms with Gasteiger partial charge in [0.15, 0.2) is 0 Å². The molecule has 0 nitrogen and oxygen atoms in total. The molecule has 0 amide bonds. The van der Waals surface area contributed by atoms with Gasteiger partial charge in [-0.3, -0.25) is 0 Å². The molecule has 8 aromatic rings. The Morgan fingerprint density at radius 2 is 0.930 bits per heavy atom. The summed E-state index contributed by atoms with van der Waals surface area (Å²) in [6, 6.07) is 54.1. The van der Waals surface area contributed by atoms with Gasteiger partial charge in [0, 0.05) is 5.41 Å². The molecule has 0 saturated carbocycles. The molecule has 0 aliphatic heterocycles. The van der Waals surface area contributed by atoms with Crippen molar-refractivity contribution in [2.75, 3.05) is 0 Å². The van der Waals surface area contributed by atoms with Gasteiger partial charge in [0.1, 0.15) is 0 Å². The number of rotatable bonds is 2. The topological polar surface area (TPSA) is 0 Å². The van der Waals surface area contributed by atoms with Gasteiger partial charge in [0.05, 0.1) is 0 Å². The Labute approximate surface area is 251 Å². The number of hydrogen-bond acceptors (Lipinski definition) is 0. The van der Waals surface area contributed by atoms with Crippen LogP contribution in [0.2, 0.25) is 0 Å². The van der Waals surface area contributed by atoms with Gasteiger partial charge in [0.25, 0.3) is 0 Å². The van der Waals surface area contributed by atoms with Crippen LogP contribution in [-0.4, -0.2) is 0 Å².